The van der Waals surface area contributed by atoms with Gasteiger partial charge >= 0.3 is 0 Å². The third kappa shape index (κ3) is 2.37. The number of carbonyl (C=O) groups is 1. The largest absolute Gasteiger partial charge is 0.378 e. The number of carbonyl (C=O) groups excluding carboxylic acids is 1. The van der Waals surface area contributed by atoms with Gasteiger partial charge in [0, 0.05) is 0 Å². The molecule has 0 aliphatic carbocycles. The summed E-state index contributed by atoms with van der Waals surface area (Å²) < 4.78 is 30.3. The number of amides is 1. The second-order valence-electron chi connectivity index (χ2n) is 3.24. The Hall–Kier alpha value is -0.630. The standard InChI is InChI=1S/C8H8ClNO4S2/c9-7-2-1-6(15-7)8(11)10-16(12,13)5-3-14-4-5/h1-2,5H,3-4H2,(H,10,11). The highest BCUT2D eigenvalue weighted by Crippen LogP contribution is 2.21. The van der Waals surface area contributed by atoms with Crippen LogP contribution < -0.4 is 4.72 Å². The number of ether oxygens (including phenoxy) is 1. The van der Waals surface area contributed by atoms with Gasteiger partial charge in [0.2, 0.25) is 10.0 Å². The zero-order valence-corrected chi connectivity index (χ0v) is 10.4. The van der Waals surface area contributed by atoms with Crippen LogP contribution in [0.15, 0.2) is 12.1 Å². The van der Waals surface area contributed by atoms with E-state index in [4.69, 9.17) is 16.3 Å². The zero-order valence-electron chi connectivity index (χ0n) is 7.97. The van der Waals surface area contributed by atoms with Gasteiger partial charge in [-0.2, -0.15) is 0 Å². The topological polar surface area (TPSA) is 72.5 Å². The highest BCUT2D eigenvalue weighted by molar-refractivity contribution is 7.90. The van der Waals surface area contributed by atoms with Crippen LogP contribution in [0.4, 0.5) is 0 Å². The number of hydrogen-bond donors (Lipinski definition) is 1. The maximum atomic E-state index is 11.6. The SMILES string of the molecule is O=C(NS(=O)(=O)C1COC1)c1ccc(Cl)s1. The van der Waals surface area contributed by atoms with Crippen molar-refractivity contribution in [1.29, 1.82) is 0 Å². The van der Waals surface area contributed by atoms with Crippen LogP contribution in [0.3, 0.4) is 0 Å². The molecule has 1 aliphatic heterocycles. The summed E-state index contributed by atoms with van der Waals surface area (Å²) in [5.41, 5.74) is 0. The normalized spacial score (nSPS) is 16.8. The van der Waals surface area contributed by atoms with Crippen molar-refractivity contribution in [2.75, 3.05) is 13.2 Å². The van der Waals surface area contributed by atoms with Gasteiger partial charge in [0.25, 0.3) is 5.91 Å². The molecule has 5 nitrogen and oxygen atoms in total. The summed E-state index contributed by atoms with van der Waals surface area (Å²) in [6.07, 6.45) is 0. The van der Waals surface area contributed by atoms with E-state index in [1.54, 1.807) is 6.07 Å². The van der Waals surface area contributed by atoms with Crippen molar-refractivity contribution < 1.29 is 17.9 Å². The number of sulfonamides is 1. The summed E-state index contributed by atoms with van der Waals surface area (Å²) in [5, 5.41) is -0.633. The molecule has 2 rings (SSSR count). The Morgan fingerprint density at radius 2 is 2.19 bits per heavy atom. The van der Waals surface area contributed by atoms with Gasteiger partial charge in [0.15, 0.2) is 0 Å². The third-order valence-corrected chi connectivity index (χ3v) is 4.93. The van der Waals surface area contributed by atoms with E-state index in [1.165, 1.54) is 6.07 Å². The number of thiophene rings is 1. The fourth-order valence-corrected chi connectivity index (χ4v) is 3.18. The van der Waals surface area contributed by atoms with Crippen LogP contribution in [0.1, 0.15) is 9.67 Å². The van der Waals surface area contributed by atoms with Gasteiger partial charge in [-0.25, -0.2) is 13.1 Å². The molecule has 1 aromatic rings. The summed E-state index contributed by atoms with van der Waals surface area (Å²) in [4.78, 5) is 11.8. The predicted octanol–water partition coefficient (Wildman–Crippen LogP) is 0.860. The van der Waals surface area contributed by atoms with E-state index in [1.807, 2.05) is 4.72 Å². The Bertz CT molecular complexity index is 506. The number of nitrogens with one attached hydrogen (secondary N) is 1. The summed E-state index contributed by atoms with van der Waals surface area (Å²) in [6, 6.07) is 3.02. The van der Waals surface area contributed by atoms with Crippen molar-refractivity contribution in [3.8, 4) is 0 Å². The Balaban J connectivity index is 2.07. The van der Waals surface area contributed by atoms with Crippen molar-refractivity contribution >= 4 is 38.9 Å². The molecule has 0 radical (unpaired) electrons. The minimum atomic E-state index is -3.62. The van der Waals surface area contributed by atoms with Crippen LogP contribution in [0, 0.1) is 0 Å². The van der Waals surface area contributed by atoms with Gasteiger partial charge < -0.3 is 4.74 Å². The molecule has 1 fully saturated rings. The van der Waals surface area contributed by atoms with E-state index in [0.717, 1.165) is 11.3 Å². The molecule has 2 heterocycles. The fourth-order valence-electron chi connectivity index (χ4n) is 1.09. The second-order valence-corrected chi connectivity index (χ2v) is 6.92. The molecule has 0 atom stereocenters. The molecule has 88 valence electrons. The molecule has 1 amide bonds. The molecule has 0 unspecified atom stereocenters. The van der Waals surface area contributed by atoms with Crippen molar-refractivity contribution in [2.45, 2.75) is 5.25 Å². The average molecular weight is 282 g/mol. The van der Waals surface area contributed by atoms with Crippen molar-refractivity contribution in [3.05, 3.63) is 21.3 Å². The van der Waals surface area contributed by atoms with E-state index in [9.17, 15) is 13.2 Å². The number of hydrogen-bond acceptors (Lipinski definition) is 5. The minimum Gasteiger partial charge on any atom is -0.378 e. The smallest absolute Gasteiger partial charge is 0.274 e. The third-order valence-electron chi connectivity index (χ3n) is 2.08. The summed E-state index contributed by atoms with van der Waals surface area (Å²) in [5.74, 6) is -0.649. The van der Waals surface area contributed by atoms with Crippen LogP contribution in [-0.4, -0.2) is 32.8 Å². The summed E-state index contributed by atoms with van der Waals surface area (Å²) in [7, 11) is -3.62. The molecule has 0 bridgehead atoms. The zero-order chi connectivity index (χ0) is 11.8. The molecule has 0 aromatic carbocycles. The maximum absolute atomic E-state index is 11.6. The first-order valence-electron chi connectivity index (χ1n) is 4.38. The first kappa shape index (κ1) is 11.8. The number of halogens is 1. The highest BCUT2D eigenvalue weighted by atomic mass is 35.5. The molecule has 0 saturated carbocycles. The Labute approximate surface area is 101 Å². The molecular weight excluding hydrogens is 274 g/mol. The van der Waals surface area contributed by atoms with Gasteiger partial charge in [-0.3, -0.25) is 4.79 Å². The molecule has 8 heteroatoms. The van der Waals surface area contributed by atoms with Crippen LogP contribution in [0.2, 0.25) is 4.34 Å². The summed E-state index contributed by atoms with van der Waals surface area (Å²) >= 11 is 6.68. The molecule has 1 saturated heterocycles. The lowest BCUT2D eigenvalue weighted by atomic mass is 10.4. The highest BCUT2D eigenvalue weighted by Gasteiger charge is 2.34. The average Bonchev–Trinajstić information content (AvgIpc) is 2.46. The monoisotopic (exact) mass is 281 g/mol. The van der Waals surface area contributed by atoms with E-state index in [0.29, 0.717) is 4.34 Å². The molecule has 1 aromatic heterocycles. The molecule has 1 aliphatic rings. The quantitative estimate of drug-likeness (QED) is 0.892. The Morgan fingerprint density at radius 1 is 1.50 bits per heavy atom. The van der Waals surface area contributed by atoms with Gasteiger partial charge in [0.05, 0.1) is 22.4 Å². The van der Waals surface area contributed by atoms with Crippen molar-refractivity contribution in [1.82, 2.24) is 4.72 Å². The minimum absolute atomic E-state index is 0.133. The number of rotatable bonds is 3. The van der Waals surface area contributed by atoms with Crippen LogP contribution in [0.5, 0.6) is 0 Å². The first-order valence-corrected chi connectivity index (χ1v) is 7.12. The van der Waals surface area contributed by atoms with Crippen LogP contribution in [-0.2, 0) is 14.8 Å². The van der Waals surface area contributed by atoms with Crippen LogP contribution in [0.25, 0.3) is 0 Å². The molecular formula is C8H8ClNO4S2. The van der Waals surface area contributed by atoms with Gasteiger partial charge in [-0.05, 0) is 12.1 Å². The lowest BCUT2D eigenvalue weighted by Crippen LogP contribution is -2.48. The van der Waals surface area contributed by atoms with Crippen LogP contribution >= 0.6 is 22.9 Å². The molecule has 16 heavy (non-hydrogen) atoms. The lowest BCUT2D eigenvalue weighted by molar-refractivity contribution is 0.0411. The van der Waals surface area contributed by atoms with E-state index >= 15 is 0 Å². The maximum Gasteiger partial charge on any atom is 0.274 e. The van der Waals surface area contributed by atoms with E-state index in [2.05, 4.69) is 0 Å². The Morgan fingerprint density at radius 3 is 2.62 bits per heavy atom. The van der Waals surface area contributed by atoms with Crippen molar-refractivity contribution in [2.24, 2.45) is 0 Å². The van der Waals surface area contributed by atoms with E-state index in [-0.39, 0.29) is 18.1 Å². The molecule has 0 spiro atoms. The Kier molecular flexibility index (Phi) is 3.20. The van der Waals surface area contributed by atoms with Crippen molar-refractivity contribution in [3.63, 3.8) is 0 Å². The second kappa shape index (κ2) is 4.33. The predicted molar refractivity (Wildman–Crippen MR) is 60.3 cm³/mol. The lowest BCUT2D eigenvalue weighted by Gasteiger charge is -2.25. The summed E-state index contributed by atoms with van der Waals surface area (Å²) in [6.45, 7) is 0.265. The van der Waals surface area contributed by atoms with Gasteiger partial charge in [-0.1, -0.05) is 11.6 Å². The molecule has 1 N–H and O–H groups in total. The van der Waals surface area contributed by atoms with Gasteiger partial charge in [0.1, 0.15) is 5.25 Å². The van der Waals surface area contributed by atoms with Gasteiger partial charge in [-0.15, -0.1) is 11.3 Å². The first-order chi connectivity index (χ1) is 7.49. The fraction of sp³-hybridized carbons (Fsp3) is 0.375. The van der Waals surface area contributed by atoms with E-state index < -0.39 is 21.2 Å².